The van der Waals surface area contributed by atoms with Crippen molar-refractivity contribution in [2.45, 2.75) is 11.1 Å². The molecular formula is C8H15N3OS2. The van der Waals surface area contributed by atoms with E-state index in [4.69, 9.17) is 16.2 Å². The molecule has 4 N–H and O–H groups in total. The second-order valence-electron chi connectivity index (χ2n) is 2.67. The van der Waals surface area contributed by atoms with Gasteiger partial charge in [-0.05, 0) is 6.92 Å². The molecule has 4 nitrogen and oxygen atoms in total. The number of nitrogens with two attached hydrogens (primary N) is 2. The van der Waals surface area contributed by atoms with Crippen molar-refractivity contribution in [3.63, 3.8) is 0 Å². The Morgan fingerprint density at radius 1 is 1.50 bits per heavy atom. The van der Waals surface area contributed by atoms with Crippen LogP contribution in [0.25, 0.3) is 0 Å². The minimum atomic E-state index is 0.581. The van der Waals surface area contributed by atoms with E-state index in [0.717, 1.165) is 18.1 Å². The lowest BCUT2D eigenvalue weighted by atomic mass is 10.6. The van der Waals surface area contributed by atoms with Gasteiger partial charge in [-0.15, -0.1) is 11.8 Å². The normalized spacial score (nSPS) is 10.7. The van der Waals surface area contributed by atoms with Crippen LogP contribution in [0.15, 0.2) is 4.21 Å². The molecule has 0 aliphatic carbocycles. The van der Waals surface area contributed by atoms with Crippen LogP contribution < -0.4 is 11.5 Å². The molecule has 14 heavy (non-hydrogen) atoms. The van der Waals surface area contributed by atoms with Crippen LogP contribution in [-0.2, 0) is 4.74 Å². The van der Waals surface area contributed by atoms with Crippen LogP contribution in [-0.4, -0.2) is 30.5 Å². The number of nitrogen functional groups attached to an aromatic ring is 1. The van der Waals surface area contributed by atoms with E-state index in [2.05, 4.69) is 4.98 Å². The van der Waals surface area contributed by atoms with Crippen molar-refractivity contribution in [1.29, 1.82) is 0 Å². The van der Waals surface area contributed by atoms with Gasteiger partial charge in [-0.2, -0.15) is 0 Å². The van der Waals surface area contributed by atoms with Crippen molar-refractivity contribution in [1.82, 2.24) is 4.98 Å². The quantitative estimate of drug-likeness (QED) is 0.568. The van der Waals surface area contributed by atoms with E-state index >= 15 is 0 Å². The Hall–Kier alpha value is -0.300. The Morgan fingerprint density at radius 3 is 2.86 bits per heavy atom. The molecular weight excluding hydrogens is 218 g/mol. The molecule has 0 saturated heterocycles. The highest BCUT2D eigenvalue weighted by Gasteiger charge is 2.04. The molecule has 80 valence electrons. The smallest absolute Gasteiger partial charge is 0.181 e. The first-order valence-corrected chi connectivity index (χ1v) is 6.17. The second kappa shape index (κ2) is 6.23. The Bertz CT molecular complexity index is 278. The molecule has 0 unspecified atom stereocenters. The molecule has 0 aromatic carbocycles. The Labute approximate surface area is 92.0 Å². The Kier molecular flexibility index (Phi) is 5.24. The lowest BCUT2D eigenvalue weighted by molar-refractivity contribution is 0.158. The first-order chi connectivity index (χ1) is 6.74. The summed E-state index contributed by atoms with van der Waals surface area (Å²) < 4.78 is 6.44. The highest BCUT2D eigenvalue weighted by atomic mass is 32.2. The number of thiazole rings is 1. The van der Waals surface area contributed by atoms with Crippen LogP contribution >= 0.6 is 23.1 Å². The van der Waals surface area contributed by atoms with Gasteiger partial charge in [0.1, 0.15) is 0 Å². The maximum absolute atomic E-state index is 5.58. The molecule has 0 atom stereocenters. The highest BCUT2D eigenvalue weighted by molar-refractivity contribution is 8.01. The van der Waals surface area contributed by atoms with Crippen LogP contribution in [0.1, 0.15) is 5.69 Å². The zero-order chi connectivity index (χ0) is 10.4. The predicted molar refractivity (Wildman–Crippen MR) is 61.9 cm³/mol. The fourth-order valence-electron chi connectivity index (χ4n) is 0.915. The number of ether oxygens (including phenoxy) is 1. The molecule has 0 fully saturated rings. The van der Waals surface area contributed by atoms with Crippen molar-refractivity contribution < 1.29 is 4.74 Å². The van der Waals surface area contributed by atoms with Gasteiger partial charge in [-0.25, -0.2) is 4.98 Å². The number of thioether (sulfide) groups is 1. The molecule has 0 aliphatic rings. The summed E-state index contributed by atoms with van der Waals surface area (Å²) in [5.41, 5.74) is 11.9. The molecule has 1 rings (SSSR count). The first kappa shape index (κ1) is 11.8. The van der Waals surface area contributed by atoms with Crippen LogP contribution in [0.4, 0.5) is 5.13 Å². The number of anilines is 1. The molecule has 0 amide bonds. The number of nitrogens with zero attached hydrogens (tertiary/aromatic N) is 1. The highest BCUT2D eigenvalue weighted by Crippen LogP contribution is 2.30. The number of aryl methyl sites for hydroxylation is 1. The molecule has 1 aromatic heterocycles. The number of hydrogen-bond donors (Lipinski definition) is 2. The molecule has 0 aliphatic heterocycles. The van der Waals surface area contributed by atoms with E-state index in [1.54, 1.807) is 11.8 Å². The van der Waals surface area contributed by atoms with Crippen molar-refractivity contribution in [2.24, 2.45) is 5.73 Å². The average molecular weight is 233 g/mol. The van der Waals surface area contributed by atoms with Crippen molar-refractivity contribution in [2.75, 3.05) is 31.2 Å². The third-order valence-electron chi connectivity index (χ3n) is 1.49. The van der Waals surface area contributed by atoms with Crippen LogP contribution in [0.5, 0.6) is 0 Å². The largest absolute Gasteiger partial charge is 0.379 e. The van der Waals surface area contributed by atoms with Gasteiger partial charge < -0.3 is 16.2 Å². The standard InChI is InChI=1S/C8H15N3OS2/c1-6-7(14-8(10)11-6)13-5-4-12-3-2-9/h2-5,9H2,1H3,(H2,10,11). The lowest BCUT2D eigenvalue weighted by Crippen LogP contribution is -2.09. The maximum Gasteiger partial charge on any atom is 0.181 e. The average Bonchev–Trinajstić information content (AvgIpc) is 2.45. The molecule has 6 heteroatoms. The first-order valence-electron chi connectivity index (χ1n) is 4.37. The summed E-state index contributed by atoms with van der Waals surface area (Å²) in [6, 6.07) is 0. The van der Waals surface area contributed by atoms with Gasteiger partial charge in [-0.3, -0.25) is 0 Å². The SMILES string of the molecule is Cc1nc(N)sc1SCCOCCN. The maximum atomic E-state index is 5.58. The van der Waals surface area contributed by atoms with E-state index in [1.807, 2.05) is 6.92 Å². The monoisotopic (exact) mass is 233 g/mol. The van der Waals surface area contributed by atoms with Gasteiger partial charge in [-0.1, -0.05) is 11.3 Å². The summed E-state index contributed by atoms with van der Waals surface area (Å²) in [5.74, 6) is 0.919. The van der Waals surface area contributed by atoms with Gasteiger partial charge in [0.05, 0.1) is 23.1 Å². The fraction of sp³-hybridized carbons (Fsp3) is 0.625. The zero-order valence-corrected chi connectivity index (χ0v) is 9.79. The number of rotatable bonds is 6. The topological polar surface area (TPSA) is 74.2 Å². The van der Waals surface area contributed by atoms with Crippen LogP contribution in [0.2, 0.25) is 0 Å². The van der Waals surface area contributed by atoms with Crippen molar-refractivity contribution in [3.05, 3.63) is 5.69 Å². The molecule has 0 spiro atoms. The molecule has 0 saturated carbocycles. The summed E-state index contributed by atoms with van der Waals surface area (Å²) in [5, 5.41) is 0.632. The van der Waals surface area contributed by atoms with Gasteiger partial charge in [0.15, 0.2) is 5.13 Å². The van der Waals surface area contributed by atoms with E-state index in [-0.39, 0.29) is 0 Å². The number of hydrogen-bond acceptors (Lipinski definition) is 6. The Balaban J connectivity index is 2.21. The van der Waals surface area contributed by atoms with Gasteiger partial charge in [0, 0.05) is 12.3 Å². The minimum absolute atomic E-state index is 0.581. The second-order valence-corrected chi connectivity index (χ2v) is 5.07. The van der Waals surface area contributed by atoms with Crippen LogP contribution in [0.3, 0.4) is 0 Å². The summed E-state index contributed by atoms with van der Waals surface area (Å²) in [6.45, 7) is 3.90. The summed E-state index contributed by atoms with van der Waals surface area (Å²) in [6.07, 6.45) is 0. The summed E-state index contributed by atoms with van der Waals surface area (Å²) in [4.78, 5) is 4.14. The number of aromatic nitrogens is 1. The van der Waals surface area contributed by atoms with Gasteiger partial charge in [0.2, 0.25) is 0 Å². The minimum Gasteiger partial charge on any atom is -0.379 e. The van der Waals surface area contributed by atoms with E-state index in [0.29, 0.717) is 18.3 Å². The lowest BCUT2D eigenvalue weighted by Gasteiger charge is -2.00. The third-order valence-corrected chi connectivity index (χ3v) is 3.81. The molecule has 0 bridgehead atoms. The zero-order valence-electron chi connectivity index (χ0n) is 8.16. The fourth-order valence-corrected chi connectivity index (χ4v) is 2.86. The predicted octanol–water partition coefficient (Wildman–Crippen LogP) is 1.10. The molecule has 0 radical (unpaired) electrons. The van der Waals surface area contributed by atoms with Crippen molar-refractivity contribution in [3.8, 4) is 0 Å². The van der Waals surface area contributed by atoms with Gasteiger partial charge in [0.25, 0.3) is 0 Å². The van der Waals surface area contributed by atoms with Crippen molar-refractivity contribution >= 4 is 28.2 Å². The van der Waals surface area contributed by atoms with Crippen LogP contribution in [0, 0.1) is 6.92 Å². The van der Waals surface area contributed by atoms with Gasteiger partial charge >= 0.3 is 0 Å². The third kappa shape index (κ3) is 3.83. The summed E-state index contributed by atoms with van der Waals surface area (Å²) in [7, 11) is 0. The Morgan fingerprint density at radius 2 is 2.29 bits per heavy atom. The van der Waals surface area contributed by atoms with E-state index in [9.17, 15) is 0 Å². The van der Waals surface area contributed by atoms with E-state index in [1.165, 1.54) is 15.5 Å². The molecule has 1 aromatic rings. The summed E-state index contributed by atoms with van der Waals surface area (Å²) >= 11 is 3.26. The molecule has 1 heterocycles. The van der Waals surface area contributed by atoms with E-state index < -0.39 is 0 Å².